The first-order valence-corrected chi connectivity index (χ1v) is 10.2. The van der Waals surface area contributed by atoms with Gasteiger partial charge in [-0.05, 0) is 17.7 Å². The Hall–Kier alpha value is -3.91. The summed E-state index contributed by atoms with van der Waals surface area (Å²) in [5.41, 5.74) is 1.34. The summed E-state index contributed by atoms with van der Waals surface area (Å²) in [4.78, 5) is 36.9. The van der Waals surface area contributed by atoms with Crippen LogP contribution in [0, 0.1) is 0 Å². The zero-order valence-corrected chi connectivity index (χ0v) is 17.0. The van der Waals surface area contributed by atoms with Gasteiger partial charge in [0, 0.05) is 22.1 Å². The standard InChI is InChI=1S/C23H17NO6S/c25-17(19-10-15-8-4-5-9-18(15)30-19)11-20-21(22(26)27)16(13-31-20)24-23(28)29-12-14-6-2-1-3-7-14/h1-10,13H,11-12H2,(H,24,28)(H,26,27). The number of carboxylic acids is 1. The number of fused-ring (bicyclic) bond motifs is 1. The van der Waals surface area contributed by atoms with Crippen molar-refractivity contribution in [3.8, 4) is 0 Å². The first-order chi connectivity index (χ1) is 15.0. The number of ether oxygens (including phenoxy) is 1. The predicted molar refractivity (Wildman–Crippen MR) is 116 cm³/mol. The molecule has 0 atom stereocenters. The van der Waals surface area contributed by atoms with Crippen LogP contribution in [0.25, 0.3) is 11.0 Å². The molecule has 0 saturated heterocycles. The maximum atomic E-state index is 12.7. The van der Waals surface area contributed by atoms with Crippen LogP contribution in [0.5, 0.6) is 0 Å². The van der Waals surface area contributed by atoms with E-state index in [1.54, 1.807) is 18.2 Å². The third-order valence-corrected chi connectivity index (χ3v) is 5.54. The SMILES string of the molecule is O=C(Nc1csc(CC(=O)c2cc3ccccc3o2)c1C(=O)O)OCc1ccccc1. The van der Waals surface area contributed by atoms with E-state index in [2.05, 4.69) is 5.32 Å². The van der Waals surface area contributed by atoms with Crippen molar-refractivity contribution in [2.24, 2.45) is 0 Å². The zero-order valence-electron chi connectivity index (χ0n) is 16.2. The molecule has 4 aromatic rings. The first kappa shape index (κ1) is 20.4. The number of carboxylic acid groups (broad SMARTS) is 1. The second-order valence-corrected chi connectivity index (χ2v) is 7.65. The van der Waals surface area contributed by atoms with Crippen molar-refractivity contribution in [2.75, 3.05) is 5.32 Å². The largest absolute Gasteiger partial charge is 0.478 e. The molecule has 7 nitrogen and oxygen atoms in total. The molecule has 0 radical (unpaired) electrons. The number of Topliss-reactive ketones (excluding diaryl/α,β-unsaturated/α-hetero) is 1. The summed E-state index contributed by atoms with van der Waals surface area (Å²) in [5, 5.41) is 14.4. The summed E-state index contributed by atoms with van der Waals surface area (Å²) in [7, 11) is 0. The number of aromatic carboxylic acids is 1. The molecule has 0 aliphatic carbocycles. The average molecular weight is 435 g/mol. The van der Waals surface area contributed by atoms with Gasteiger partial charge in [0.15, 0.2) is 5.76 Å². The van der Waals surface area contributed by atoms with Crippen molar-refractivity contribution >= 4 is 45.8 Å². The van der Waals surface area contributed by atoms with Gasteiger partial charge in [0.25, 0.3) is 0 Å². The van der Waals surface area contributed by atoms with Gasteiger partial charge >= 0.3 is 12.1 Å². The summed E-state index contributed by atoms with van der Waals surface area (Å²) in [6.07, 6.45) is -0.938. The van der Waals surface area contributed by atoms with Crippen LogP contribution in [-0.2, 0) is 17.8 Å². The van der Waals surface area contributed by atoms with Crippen LogP contribution in [0.4, 0.5) is 10.5 Å². The second kappa shape index (κ2) is 8.85. The molecular weight excluding hydrogens is 418 g/mol. The monoisotopic (exact) mass is 435 g/mol. The Labute approximate surface area is 180 Å². The maximum Gasteiger partial charge on any atom is 0.412 e. The minimum absolute atomic E-state index is 0.0522. The Morgan fingerprint density at radius 3 is 2.52 bits per heavy atom. The fourth-order valence-electron chi connectivity index (χ4n) is 3.08. The van der Waals surface area contributed by atoms with Gasteiger partial charge in [-0.2, -0.15) is 0 Å². The molecule has 2 aromatic heterocycles. The Balaban J connectivity index is 1.47. The lowest BCUT2D eigenvalue weighted by molar-refractivity contribution is 0.0697. The Morgan fingerprint density at radius 1 is 1.03 bits per heavy atom. The predicted octanol–water partition coefficient (Wildman–Crippen LogP) is 5.37. The first-order valence-electron chi connectivity index (χ1n) is 9.34. The minimum Gasteiger partial charge on any atom is -0.478 e. The molecule has 8 heteroatoms. The fraction of sp³-hybridized carbons (Fsp3) is 0.0870. The number of para-hydroxylation sites is 1. The van der Waals surface area contributed by atoms with Crippen LogP contribution < -0.4 is 5.32 Å². The second-order valence-electron chi connectivity index (χ2n) is 6.69. The average Bonchev–Trinajstić information content (AvgIpc) is 3.37. The Morgan fingerprint density at radius 2 is 1.77 bits per heavy atom. The molecule has 2 N–H and O–H groups in total. The molecule has 1 amide bonds. The molecule has 0 aliphatic rings. The summed E-state index contributed by atoms with van der Waals surface area (Å²) in [6.45, 7) is 0.0522. The van der Waals surface area contributed by atoms with Gasteiger partial charge in [0.1, 0.15) is 12.2 Å². The number of nitrogens with one attached hydrogen (secondary N) is 1. The van der Waals surface area contributed by atoms with E-state index in [4.69, 9.17) is 9.15 Å². The lowest BCUT2D eigenvalue weighted by atomic mass is 10.1. The number of rotatable bonds is 7. The molecule has 0 unspecified atom stereocenters. The molecule has 2 aromatic carbocycles. The van der Waals surface area contributed by atoms with Gasteiger partial charge in [-0.15, -0.1) is 11.3 Å². The van der Waals surface area contributed by atoms with E-state index < -0.39 is 12.1 Å². The van der Waals surface area contributed by atoms with E-state index in [-0.39, 0.29) is 35.8 Å². The number of furan rings is 1. The molecule has 0 bridgehead atoms. The highest BCUT2D eigenvalue weighted by molar-refractivity contribution is 7.11. The van der Waals surface area contributed by atoms with Crippen molar-refractivity contribution in [3.05, 3.63) is 87.8 Å². The van der Waals surface area contributed by atoms with E-state index in [0.29, 0.717) is 10.5 Å². The van der Waals surface area contributed by atoms with Gasteiger partial charge in [-0.25, -0.2) is 9.59 Å². The molecule has 156 valence electrons. The molecular formula is C23H17NO6S. The number of carbonyl (C=O) groups is 3. The number of anilines is 1. The summed E-state index contributed by atoms with van der Waals surface area (Å²) >= 11 is 1.08. The van der Waals surface area contributed by atoms with Crippen LogP contribution in [-0.4, -0.2) is 23.0 Å². The molecule has 0 aliphatic heterocycles. The van der Waals surface area contributed by atoms with Crippen LogP contribution in [0.15, 0.2) is 70.5 Å². The number of amides is 1. The van der Waals surface area contributed by atoms with Crippen LogP contribution in [0.2, 0.25) is 0 Å². The van der Waals surface area contributed by atoms with Crippen LogP contribution in [0.3, 0.4) is 0 Å². The van der Waals surface area contributed by atoms with Crippen molar-refractivity contribution in [2.45, 2.75) is 13.0 Å². The summed E-state index contributed by atoms with van der Waals surface area (Å²) in [6, 6.07) is 18.0. The fourth-order valence-corrected chi connectivity index (χ4v) is 4.04. The zero-order chi connectivity index (χ0) is 21.8. The Kier molecular flexibility index (Phi) is 5.81. The number of thiophene rings is 1. The number of hydrogen-bond donors (Lipinski definition) is 2. The smallest absolute Gasteiger partial charge is 0.412 e. The molecule has 0 spiro atoms. The minimum atomic E-state index is -1.24. The van der Waals surface area contributed by atoms with E-state index >= 15 is 0 Å². The van der Waals surface area contributed by atoms with E-state index in [1.807, 2.05) is 42.5 Å². The third-order valence-electron chi connectivity index (χ3n) is 4.55. The molecule has 31 heavy (non-hydrogen) atoms. The van der Waals surface area contributed by atoms with Gasteiger partial charge in [0.2, 0.25) is 5.78 Å². The van der Waals surface area contributed by atoms with E-state index in [9.17, 15) is 19.5 Å². The number of ketones is 1. The van der Waals surface area contributed by atoms with Crippen molar-refractivity contribution in [1.29, 1.82) is 0 Å². The Bertz CT molecular complexity index is 1220. The van der Waals surface area contributed by atoms with Gasteiger partial charge in [-0.1, -0.05) is 48.5 Å². The normalized spacial score (nSPS) is 10.7. The molecule has 2 heterocycles. The van der Waals surface area contributed by atoms with E-state index in [1.165, 1.54) is 5.38 Å². The van der Waals surface area contributed by atoms with Crippen LogP contribution in [0.1, 0.15) is 31.4 Å². The lowest BCUT2D eigenvalue weighted by Crippen LogP contribution is -2.16. The summed E-state index contributed by atoms with van der Waals surface area (Å²) < 4.78 is 10.7. The third kappa shape index (κ3) is 4.65. The topological polar surface area (TPSA) is 106 Å². The van der Waals surface area contributed by atoms with Crippen molar-refractivity contribution in [3.63, 3.8) is 0 Å². The lowest BCUT2D eigenvalue weighted by Gasteiger charge is -2.07. The molecule has 4 rings (SSSR count). The van der Waals surface area contributed by atoms with Crippen LogP contribution >= 0.6 is 11.3 Å². The highest BCUT2D eigenvalue weighted by atomic mass is 32.1. The quantitative estimate of drug-likeness (QED) is 0.378. The molecule has 0 saturated carbocycles. The van der Waals surface area contributed by atoms with Crippen molar-refractivity contribution < 1.29 is 28.6 Å². The highest BCUT2D eigenvalue weighted by Crippen LogP contribution is 2.30. The van der Waals surface area contributed by atoms with Crippen molar-refractivity contribution in [1.82, 2.24) is 0 Å². The van der Waals surface area contributed by atoms with E-state index in [0.717, 1.165) is 22.3 Å². The maximum absolute atomic E-state index is 12.7. The number of hydrogen-bond acceptors (Lipinski definition) is 6. The number of carbonyl (C=O) groups excluding carboxylic acids is 2. The summed E-state index contributed by atoms with van der Waals surface area (Å²) in [5.74, 6) is -1.44. The van der Waals surface area contributed by atoms with Gasteiger partial charge in [0.05, 0.1) is 11.3 Å². The molecule has 0 fully saturated rings. The number of benzene rings is 2. The van der Waals surface area contributed by atoms with Gasteiger partial charge < -0.3 is 14.3 Å². The highest BCUT2D eigenvalue weighted by Gasteiger charge is 2.23. The van der Waals surface area contributed by atoms with Gasteiger partial charge in [-0.3, -0.25) is 10.1 Å².